The van der Waals surface area contributed by atoms with Crippen molar-refractivity contribution in [1.82, 2.24) is 0 Å². The molecule has 6 nitrogen and oxygen atoms in total. The van der Waals surface area contributed by atoms with Crippen molar-refractivity contribution in [3.8, 4) is 6.07 Å². The molecule has 0 atom stereocenters. The molecule has 0 radical (unpaired) electrons. The number of nitriles is 1. The topological polar surface area (TPSA) is 115 Å². The van der Waals surface area contributed by atoms with Crippen LogP contribution in [0.15, 0.2) is 0 Å². The fourth-order valence-corrected chi connectivity index (χ4v) is 0. The van der Waals surface area contributed by atoms with Gasteiger partial charge in [0.25, 0.3) is 0 Å². The first-order chi connectivity index (χ1) is 5.15. The second-order valence-corrected chi connectivity index (χ2v) is 2.48. The van der Waals surface area contributed by atoms with Crippen molar-refractivity contribution in [2.75, 3.05) is 0 Å². The molecule has 72 valence electrons. The van der Waals surface area contributed by atoms with Crippen LogP contribution in [0.4, 0.5) is 0 Å². The molecule has 0 aromatic heterocycles. The van der Waals surface area contributed by atoms with Crippen LogP contribution in [0, 0.1) is 11.3 Å². The van der Waals surface area contributed by atoms with Crippen molar-refractivity contribution in [2.24, 2.45) is 0 Å². The van der Waals surface area contributed by atoms with E-state index in [2.05, 4.69) is 0 Å². The number of carbonyl (C=O) groups is 1. The van der Waals surface area contributed by atoms with Crippen LogP contribution in [-0.4, -0.2) is 23.3 Å². The maximum absolute atomic E-state index is 9.44. The first kappa shape index (κ1) is 17.2. The average Bonchev–Trinajstić information content (AvgIpc) is 1.56. The molecule has 7 heteroatoms. The standard InChI is InChI=1S/C3H6O.C2H3N.H2O4S/c1-3(2)4;1-2-3;1-5(2,3)4/h1-2H3;1H3;(H2,1,2,3,4). The molecule has 0 bridgehead atoms. The molecule has 0 aliphatic heterocycles. The van der Waals surface area contributed by atoms with Gasteiger partial charge in [-0.25, -0.2) is 0 Å². The molecule has 12 heavy (non-hydrogen) atoms. The van der Waals surface area contributed by atoms with Crippen LogP contribution in [-0.2, 0) is 15.2 Å². The zero-order chi connectivity index (χ0) is 10.8. The summed E-state index contributed by atoms with van der Waals surface area (Å²) < 4.78 is 31.6. The van der Waals surface area contributed by atoms with Crippen molar-refractivity contribution >= 4 is 16.2 Å². The van der Waals surface area contributed by atoms with Crippen LogP contribution in [0.25, 0.3) is 0 Å². The zero-order valence-electron chi connectivity index (χ0n) is 6.97. The highest BCUT2D eigenvalue weighted by atomic mass is 32.3. The summed E-state index contributed by atoms with van der Waals surface area (Å²) in [4.78, 5) is 9.44. The Labute approximate surface area is 71.4 Å². The predicted octanol–water partition coefficient (Wildman–Crippen LogP) is 0.472. The highest BCUT2D eigenvalue weighted by molar-refractivity contribution is 7.79. The number of Topliss-reactive ketones (excluding diaryl/α,β-unsaturated/α-hetero) is 1. The zero-order valence-corrected chi connectivity index (χ0v) is 7.79. The van der Waals surface area contributed by atoms with E-state index in [1.807, 2.05) is 0 Å². The SMILES string of the molecule is CC#N.CC(C)=O.O=S(=O)(O)O. The van der Waals surface area contributed by atoms with E-state index in [-0.39, 0.29) is 5.78 Å². The molecule has 0 unspecified atom stereocenters. The molecule has 2 N–H and O–H groups in total. The molecule has 0 aromatic rings. The summed E-state index contributed by atoms with van der Waals surface area (Å²) in [7, 11) is -4.67. The van der Waals surface area contributed by atoms with Gasteiger partial charge in [-0.2, -0.15) is 13.7 Å². The van der Waals surface area contributed by atoms with Crippen molar-refractivity contribution in [3.63, 3.8) is 0 Å². The van der Waals surface area contributed by atoms with Crippen molar-refractivity contribution in [3.05, 3.63) is 0 Å². The van der Waals surface area contributed by atoms with Crippen LogP contribution in [0.3, 0.4) is 0 Å². The average molecular weight is 197 g/mol. The normalized spacial score (nSPS) is 7.67. The smallest absolute Gasteiger partial charge is 0.300 e. The van der Waals surface area contributed by atoms with E-state index in [1.54, 1.807) is 6.07 Å². The Hall–Kier alpha value is -0.970. The molecular formula is C5H11NO5S. The van der Waals surface area contributed by atoms with Gasteiger partial charge in [0.1, 0.15) is 5.78 Å². The van der Waals surface area contributed by atoms with Gasteiger partial charge in [-0.1, -0.05) is 0 Å². The van der Waals surface area contributed by atoms with Crippen molar-refractivity contribution in [1.29, 1.82) is 5.26 Å². The van der Waals surface area contributed by atoms with Gasteiger partial charge >= 0.3 is 10.4 Å². The summed E-state index contributed by atoms with van der Waals surface area (Å²) in [6, 6.07) is 1.75. The van der Waals surface area contributed by atoms with E-state index < -0.39 is 10.4 Å². The second-order valence-electron chi connectivity index (χ2n) is 1.58. The van der Waals surface area contributed by atoms with Crippen LogP contribution < -0.4 is 0 Å². The lowest BCUT2D eigenvalue weighted by atomic mass is 10.6. The summed E-state index contributed by atoms with van der Waals surface area (Å²) in [6.45, 7) is 4.49. The van der Waals surface area contributed by atoms with Gasteiger partial charge in [0.15, 0.2) is 0 Å². The van der Waals surface area contributed by atoms with Crippen molar-refractivity contribution in [2.45, 2.75) is 20.8 Å². The summed E-state index contributed by atoms with van der Waals surface area (Å²) in [6.07, 6.45) is 0. The van der Waals surface area contributed by atoms with Crippen LogP contribution in [0.1, 0.15) is 20.8 Å². The molecule has 0 amide bonds. The largest absolute Gasteiger partial charge is 0.394 e. The second kappa shape index (κ2) is 10.0. The first-order valence-electron chi connectivity index (χ1n) is 2.63. The Bertz CT molecular complexity index is 225. The number of carbonyl (C=O) groups excluding carboxylic acids is 1. The monoisotopic (exact) mass is 197 g/mol. The van der Waals surface area contributed by atoms with E-state index >= 15 is 0 Å². The summed E-state index contributed by atoms with van der Waals surface area (Å²) in [5.74, 6) is 0.167. The Morgan fingerprint density at radius 2 is 1.33 bits per heavy atom. The highest BCUT2D eigenvalue weighted by Gasteiger charge is 1.84. The van der Waals surface area contributed by atoms with Gasteiger partial charge in [-0.05, 0) is 13.8 Å². The quantitative estimate of drug-likeness (QED) is 0.545. The number of hydrogen-bond acceptors (Lipinski definition) is 4. The summed E-state index contributed by atoms with van der Waals surface area (Å²) >= 11 is 0. The fourth-order valence-electron chi connectivity index (χ4n) is 0. The molecule has 0 saturated heterocycles. The van der Waals surface area contributed by atoms with E-state index in [9.17, 15) is 4.79 Å². The Kier molecular flexibility index (Phi) is 14.4. The lowest BCUT2D eigenvalue weighted by Gasteiger charge is -1.68. The molecule has 0 heterocycles. The summed E-state index contributed by atoms with van der Waals surface area (Å²) in [5, 5.41) is 7.32. The first-order valence-corrected chi connectivity index (χ1v) is 4.02. The lowest BCUT2D eigenvalue weighted by Crippen LogP contribution is -1.89. The van der Waals surface area contributed by atoms with Crippen molar-refractivity contribution < 1.29 is 22.3 Å². The molecule has 0 spiro atoms. The molecule has 0 aliphatic carbocycles. The van der Waals surface area contributed by atoms with E-state index in [0.717, 1.165) is 0 Å². The Morgan fingerprint density at radius 1 is 1.33 bits per heavy atom. The lowest BCUT2D eigenvalue weighted by molar-refractivity contribution is -0.114. The Morgan fingerprint density at radius 3 is 1.33 bits per heavy atom. The van der Waals surface area contributed by atoms with Gasteiger partial charge in [0, 0.05) is 6.92 Å². The van der Waals surface area contributed by atoms with Gasteiger partial charge in [-0.3, -0.25) is 9.11 Å². The van der Waals surface area contributed by atoms with Gasteiger partial charge < -0.3 is 4.79 Å². The number of hydrogen-bond donors (Lipinski definition) is 2. The van der Waals surface area contributed by atoms with Gasteiger partial charge in [-0.15, -0.1) is 0 Å². The molecule has 0 aliphatic rings. The minimum Gasteiger partial charge on any atom is -0.300 e. The molecule has 0 fully saturated rings. The molecule has 0 saturated carbocycles. The fraction of sp³-hybridized carbons (Fsp3) is 0.600. The minimum atomic E-state index is -4.67. The summed E-state index contributed by atoms with van der Waals surface area (Å²) in [5.41, 5.74) is 0. The van der Waals surface area contributed by atoms with Crippen LogP contribution in [0.5, 0.6) is 0 Å². The minimum absolute atomic E-state index is 0.167. The van der Waals surface area contributed by atoms with Gasteiger partial charge in [0.2, 0.25) is 0 Å². The highest BCUT2D eigenvalue weighted by Crippen LogP contribution is 1.59. The molecular weight excluding hydrogens is 186 g/mol. The molecule has 0 aromatic carbocycles. The third-order valence-electron chi connectivity index (χ3n) is 0. The van der Waals surface area contributed by atoms with Crippen LogP contribution in [0.2, 0.25) is 0 Å². The predicted molar refractivity (Wildman–Crippen MR) is 41.8 cm³/mol. The third-order valence-corrected chi connectivity index (χ3v) is 0. The van der Waals surface area contributed by atoms with E-state index in [1.165, 1.54) is 20.8 Å². The number of ketones is 1. The maximum Gasteiger partial charge on any atom is 0.394 e. The maximum atomic E-state index is 9.44. The molecule has 0 rings (SSSR count). The Balaban J connectivity index is -0.000000105. The van der Waals surface area contributed by atoms with E-state index in [0.29, 0.717) is 0 Å². The van der Waals surface area contributed by atoms with Crippen LogP contribution >= 0.6 is 0 Å². The number of rotatable bonds is 0. The number of nitrogens with zero attached hydrogens (tertiary/aromatic N) is 1. The van der Waals surface area contributed by atoms with Gasteiger partial charge in [0.05, 0.1) is 6.07 Å². The van der Waals surface area contributed by atoms with E-state index in [4.69, 9.17) is 22.8 Å². The third kappa shape index (κ3) is 619.